The van der Waals surface area contributed by atoms with E-state index < -0.39 is 10.0 Å². The second-order valence-electron chi connectivity index (χ2n) is 6.38. The van der Waals surface area contributed by atoms with Gasteiger partial charge in [0, 0.05) is 5.71 Å². The van der Waals surface area contributed by atoms with Crippen LogP contribution >= 0.6 is 0 Å². The summed E-state index contributed by atoms with van der Waals surface area (Å²) in [6.07, 6.45) is 2.86. The van der Waals surface area contributed by atoms with Gasteiger partial charge in [-0.3, -0.25) is 0 Å². The summed E-state index contributed by atoms with van der Waals surface area (Å²) in [5.41, 5.74) is 2.54. The first-order valence-corrected chi connectivity index (χ1v) is 9.82. The molecule has 1 N–H and O–H groups in total. The third-order valence-corrected chi connectivity index (χ3v) is 5.79. The standard InChI is InChI=1S/C19H21FN2O2S/c1-14-6-12-17(13-7-14)25(23,24)22-21-16-10-8-15(9-11-16)18-4-2-3-5-19(18)20/h2-7,12-13,15,22H,8-11H2,1H3. The Balaban J connectivity index is 1.63. The highest BCUT2D eigenvalue weighted by atomic mass is 32.2. The minimum atomic E-state index is -3.65. The first kappa shape index (κ1) is 17.6. The van der Waals surface area contributed by atoms with Gasteiger partial charge < -0.3 is 0 Å². The van der Waals surface area contributed by atoms with Crippen molar-refractivity contribution >= 4 is 15.7 Å². The average molecular weight is 360 g/mol. The Morgan fingerprint density at radius 1 is 1.04 bits per heavy atom. The topological polar surface area (TPSA) is 58.5 Å². The van der Waals surface area contributed by atoms with Crippen LogP contribution in [0.4, 0.5) is 4.39 Å². The number of nitrogens with one attached hydrogen (secondary N) is 1. The minimum absolute atomic E-state index is 0.161. The van der Waals surface area contributed by atoms with Crippen LogP contribution in [0, 0.1) is 12.7 Å². The van der Waals surface area contributed by atoms with Gasteiger partial charge >= 0.3 is 0 Å². The monoisotopic (exact) mass is 360 g/mol. The predicted molar refractivity (Wildman–Crippen MR) is 96.5 cm³/mol. The van der Waals surface area contributed by atoms with E-state index >= 15 is 0 Å². The fraction of sp³-hybridized carbons (Fsp3) is 0.316. The van der Waals surface area contributed by atoms with Crippen LogP contribution in [0.2, 0.25) is 0 Å². The van der Waals surface area contributed by atoms with E-state index in [9.17, 15) is 12.8 Å². The lowest BCUT2D eigenvalue weighted by molar-refractivity contribution is 0.520. The molecule has 1 saturated carbocycles. The van der Waals surface area contributed by atoms with Crippen molar-refractivity contribution in [2.75, 3.05) is 0 Å². The molecule has 0 unspecified atom stereocenters. The summed E-state index contributed by atoms with van der Waals surface area (Å²) in [5, 5.41) is 4.09. The zero-order chi connectivity index (χ0) is 17.9. The molecule has 2 aromatic rings. The smallest absolute Gasteiger partial charge is 0.207 e. The van der Waals surface area contributed by atoms with E-state index in [-0.39, 0.29) is 16.6 Å². The Labute approximate surface area is 147 Å². The van der Waals surface area contributed by atoms with Crippen LogP contribution in [0.1, 0.15) is 42.7 Å². The molecular weight excluding hydrogens is 339 g/mol. The van der Waals surface area contributed by atoms with E-state index in [1.54, 1.807) is 30.3 Å². The molecule has 0 spiro atoms. The molecule has 132 valence electrons. The number of halogens is 1. The van der Waals surface area contributed by atoms with Crippen molar-refractivity contribution < 1.29 is 12.8 Å². The Hall–Kier alpha value is -2.21. The van der Waals surface area contributed by atoms with Gasteiger partial charge in [0.25, 0.3) is 10.0 Å². The number of benzene rings is 2. The fourth-order valence-corrected chi connectivity index (χ4v) is 3.92. The van der Waals surface area contributed by atoms with Gasteiger partial charge in [-0.25, -0.2) is 9.22 Å². The summed E-state index contributed by atoms with van der Waals surface area (Å²) in [7, 11) is -3.65. The van der Waals surface area contributed by atoms with E-state index in [1.807, 2.05) is 19.1 Å². The average Bonchev–Trinajstić information content (AvgIpc) is 2.61. The lowest BCUT2D eigenvalue weighted by Crippen LogP contribution is -2.22. The number of aryl methyl sites for hydroxylation is 1. The lowest BCUT2D eigenvalue weighted by atomic mass is 9.83. The van der Waals surface area contributed by atoms with Crippen LogP contribution in [0.15, 0.2) is 58.5 Å². The number of hydrazone groups is 1. The van der Waals surface area contributed by atoms with Crippen LogP contribution in [0.3, 0.4) is 0 Å². The third kappa shape index (κ3) is 4.25. The number of hydrogen-bond donors (Lipinski definition) is 1. The normalized spacial score (nSPS) is 18.0. The van der Waals surface area contributed by atoms with Crippen molar-refractivity contribution in [1.29, 1.82) is 0 Å². The van der Waals surface area contributed by atoms with Crippen molar-refractivity contribution in [2.45, 2.75) is 43.4 Å². The fourth-order valence-electron chi connectivity index (χ4n) is 3.07. The first-order valence-electron chi connectivity index (χ1n) is 8.34. The van der Waals surface area contributed by atoms with Crippen molar-refractivity contribution in [3.63, 3.8) is 0 Å². The minimum Gasteiger partial charge on any atom is -0.207 e. The SMILES string of the molecule is Cc1ccc(S(=O)(=O)NN=C2CCC(c3ccccc3F)CC2)cc1. The maximum Gasteiger partial charge on any atom is 0.276 e. The number of nitrogens with zero attached hydrogens (tertiary/aromatic N) is 1. The molecule has 1 aliphatic carbocycles. The molecule has 6 heteroatoms. The summed E-state index contributed by atoms with van der Waals surface area (Å²) in [5.74, 6) is -0.0122. The van der Waals surface area contributed by atoms with Crippen LogP contribution in [-0.4, -0.2) is 14.1 Å². The van der Waals surface area contributed by atoms with Crippen molar-refractivity contribution in [3.8, 4) is 0 Å². The zero-order valence-electron chi connectivity index (χ0n) is 14.1. The predicted octanol–water partition coefficient (Wildman–Crippen LogP) is 4.13. The quantitative estimate of drug-likeness (QED) is 0.834. The first-order chi connectivity index (χ1) is 12.0. The van der Waals surface area contributed by atoms with E-state index in [2.05, 4.69) is 9.93 Å². The van der Waals surface area contributed by atoms with E-state index in [0.717, 1.165) is 29.7 Å². The Bertz CT molecular complexity index is 867. The zero-order valence-corrected chi connectivity index (χ0v) is 14.9. The Kier molecular flexibility index (Phi) is 5.18. The molecule has 0 heterocycles. The second kappa shape index (κ2) is 7.35. The molecule has 0 aromatic heterocycles. The molecule has 0 amide bonds. The van der Waals surface area contributed by atoms with Gasteiger partial charge in [-0.2, -0.15) is 13.5 Å². The highest BCUT2D eigenvalue weighted by Gasteiger charge is 2.22. The Morgan fingerprint density at radius 3 is 2.32 bits per heavy atom. The maximum atomic E-state index is 13.9. The molecule has 0 bridgehead atoms. The molecule has 0 atom stereocenters. The number of sulfonamides is 1. The molecule has 0 saturated heterocycles. The van der Waals surface area contributed by atoms with E-state index in [4.69, 9.17) is 0 Å². The van der Waals surface area contributed by atoms with Crippen molar-refractivity contribution in [3.05, 3.63) is 65.5 Å². The van der Waals surface area contributed by atoms with Crippen LogP contribution < -0.4 is 4.83 Å². The summed E-state index contributed by atoms with van der Waals surface area (Å²) in [4.78, 5) is 2.51. The third-order valence-electron chi connectivity index (χ3n) is 4.56. The number of hydrogen-bond acceptors (Lipinski definition) is 3. The molecule has 0 aliphatic heterocycles. The van der Waals surface area contributed by atoms with E-state index in [1.165, 1.54) is 6.07 Å². The summed E-state index contributed by atoms with van der Waals surface area (Å²) in [6.45, 7) is 1.90. The van der Waals surface area contributed by atoms with Gasteiger partial charge in [0.1, 0.15) is 5.82 Å². The van der Waals surface area contributed by atoms with Crippen LogP contribution in [0.5, 0.6) is 0 Å². The molecule has 2 aromatic carbocycles. The maximum absolute atomic E-state index is 13.9. The lowest BCUT2D eigenvalue weighted by Gasteiger charge is -2.23. The number of rotatable bonds is 4. The second-order valence-corrected chi connectivity index (χ2v) is 8.04. The molecule has 1 aliphatic rings. The summed E-state index contributed by atoms with van der Waals surface area (Å²) >= 11 is 0. The highest BCUT2D eigenvalue weighted by molar-refractivity contribution is 7.89. The van der Waals surface area contributed by atoms with Crippen LogP contribution in [-0.2, 0) is 10.0 Å². The highest BCUT2D eigenvalue weighted by Crippen LogP contribution is 2.32. The van der Waals surface area contributed by atoms with Gasteiger partial charge in [-0.1, -0.05) is 35.9 Å². The Morgan fingerprint density at radius 2 is 1.68 bits per heavy atom. The van der Waals surface area contributed by atoms with Gasteiger partial charge in [0.05, 0.1) is 4.90 Å². The molecule has 3 rings (SSSR count). The van der Waals surface area contributed by atoms with Gasteiger partial charge in [-0.15, -0.1) is 0 Å². The largest absolute Gasteiger partial charge is 0.276 e. The van der Waals surface area contributed by atoms with Gasteiger partial charge in [0.2, 0.25) is 0 Å². The molecule has 1 fully saturated rings. The van der Waals surface area contributed by atoms with Gasteiger partial charge in [-0.05, 0) is 62.3 Å². The molecule has 25 heavy (non-hydrogen) atoms. The van der Waals surface area contributed by atoms with E-state index in [0.29, 0.717) is 12.8 Å². The molecular formula is C19H21FN2O2S. The molecule has 0 radical (unpaired) electrons. The van der Waals surface area contributed by atoms with Crippen molar-refractivity contribution in [1.82, 2.24) is 4.83 Å². The van der Waals surface area contributed by atoms with Crippen molar-refractivity contribution in [2.24, 2.45) is 5.10 Å². The summed E-state index contributed by atoms with van der Waals surface area (Å²) in [6, 6.07) is 13.5. The van der Waals surface area contributed by atoms with Gasteiger partial charge in [0.15, 0.2) is 0 Å². The van der Waals surface area contributed by atoms with Crippen LogP contribution in [0.25, 0.3) is 0 Å². The molecule has 4 nitrogen and oxygen atoms in total. The summed E-state index contributed by atoms with van der Waals surface area (Å²) < 4.78 is 38.4.